The van der Waals surface area contributed by atoms with E-state index in [1.807, 2.05) is 25.1 Å². The van der Waals surface area contributed by atoms with Gasteiger partial charge in [-0.15, -0.1) is 0 Å². The zero-order valence-corrected chi connectivity index (χ0v) is 11.9. The van der Waals surface area contributed by atoms with Gasteiger partial charge in [0.25, 0.3) is 0 Å². The second kappa shape index (κ2) is 7.05. The Hall–Kier alpha value is -1.88. The molecule has 0 spiro atoms. The molecule has 1 heterocycles. The van der Waals surface area contributed by atoms with Crippen molar-refractivity contribution in [1.29, 1.82) is 0 Å². The van der Waals surface area contributed by atoms with Crippen molar-refractivity contribution in [2.75, 3.05) is 17.2 Å². The van der Waals surface area contributed by atoms with Crippen molar-refractivity contribution in [3.8, 4) is 0 Å². The van der Waals surface area contributed by atoms with E-state index in [2.05, 4.69) is 20.6 Å². The Morgan fingerprint density at radius 2 is 2.05 bits per heavy atom. The summed E-state index contributed by atoms with van der Waals surface area (Å²) in [6, 6.07) is 7.41. The Balaban J connectivity index is 2.07. The summed E-state index contributed by atoms with van der Waals surface area (Å²) in [5.41, 5.74) is 0.884. The van der Waals surface area contributed by atoms with E-state index in [4.69, 9.17) is 11.6 Å². The fraction of sp³-hybridized carbons (Fsp3) is 0.286. The smallest absolute Gasteiger partial charge is 0.224 e. The lowest BCUT2D eigenvalue weighted by Gasteiger charge is -2.09. The first kappa shape index (κ1) is 14.5. The Kier molecular flexibility index (Phi) is 5.12. The maximum atomic E-state index is 13.6. The van der Waals surface area contributed by atoms with E-state index in [9.17, 15) is 4.39 Å². The number of hydrogen-bond donors (Lipinski definition) is 2. The van der Waals surface area contributed by atoms with E-state index in [0.717, 1.165) is 24.7 Å². The van der Waals surface area contributed by atoms with Crippen LogP contribution in [-0.4, -0.2) is 16.5 Å². The molecule has 0 aliphatic carbocycles. The molecule has 0 saturated carbocycles. The van der Waals surface area contributed by atoms with Crippen molar-refractivity contribution in [2.45, 2.75) is 19.9 Å². The average Bonchev–Trinajstić information content (AvgIpc) is 2.46. The van der Waals surface area contributed by atoms with E-state index in [1.54, 1.807) is 6.07 Å². The molecule has 0 aliphatic heterocycles. The van der Waals surface area contributed by atoms with Crippen LogP contribution in [0, 0.1) is 5.82 Å². The molecular weight excluding hydrogens is 279 g/mol. The average molecular weight is 295 g/mol. The normalized spacial score (nSPS) is 10.3. The second-order valence-electron chi connectivity index (χ2n) is 4.26. The highest BCUT2D eigenvalue weighted by atomic mass is 35.5. The third kappa shape index (κ3) is 3.81. The molecule has 0 fully saturated rings. The summed E-state index contributed by atoms with van der Waals surface area (Å²) in [6.45, 7) is 3.18. The molecule has 106 valence electrons. The summed E-state index contributed by atoms with van der Waals surface area (Å²) in [6.07, 6.45) is 2.10. The van der Waals surface area contributed by atoms with Crippen LogP contribution in [0.3, 0.4) is 0 Å². The van der Waals surface area contributed by atoms with Gasteiger partial charge < -0.3 is 10.6 Å². The molecule has 0 unspecified atom stereocenters. The van der Waals surface area contributed by atoms with Crippen LogP contribution in [0.2, 0.25) is 5.02 Å². The third-order valence-corrected chi connectivity index (χ3v) is 3.05. The first-order chi connectivity index (χ1) is 9.70. The predicted octanol–water partition coefficient (Wildman–Crippen LogP) is 3.70. The van der Waals surface area contributed by atoms with Gasteiger partial charge in [-0.25, -0.2) is 9.37 Å². The van der Waals surface area contributed by atoms with Gasteiger partial charge in [0.15, 0.2) is 11.6 Å². The lowest BCUT2D eigenvalue weighted by atomic mass is 10.2. The first-order valence-electron chi connectivity index (χ1n) is 6.44. The van der Waals surface area contributed by atoms with Gasteiger partial charge in [0.05, 0.1) is 6.20 Å². The number of nitrogens with one attached hydrogen (secondary N) is 2. The van der Waals surface area contributed by atoms with E-state index in [0.29, 0.717) is 17.5 Å². The number of benzene rings is 1. The number of rotatable bonds is 6. The van der Waals surface area contributed by atoms with Gasteiger partial charge in [-0.1, -0.05) is 36.7 Å². The minimum Gasteiger partial charge on any atom is -0.363 e. The largest absolute Gasteiger partial charge is 0.363 e. The minimum atomic E-state index is -0.487. The molecule has 20 heavy (non-hydrogen) atoms. The van der Waals surface area contributed by atoms with Crippen LogP contribution in [0.1, 0.15) is 18.9 Å². The van der Waals surface area contributed by atoms with Crippen molar-refractivity contribution in [1.82, 2.24) is 9.97 Å². The minimum absolute atomic E-state index is 0.165. The van der Waals surface area contributed by atoms with E-state index < -0.39 is 5.82 Å². The predicted molar refractivity (Wildman–Crippen MR) is 79.5 cm³/mol. The van der Waals surface area contributed by atoms with Crippen LogP contribution in [0.5, 0.6) is 0 Å². The van der Waals surface area contributed by atoms with Gasteiger partial charge in [0.2, 0.25) is 5.95 Å². The van der Waals surface area contributed by atoms with Gasteiger partial charge in [-0.2, -0.15) is 4.98 Å². The lowest BCUT2D eigenvalue weighted by Crippen LogP contribution is -2.09. The standard InChI is InChI=1S/C14H16ClFN4/c1-2-7-17-14-19-9-12(16)13(20-14)18-8-10-5-3-4-6-11(10)15/h3-6,9H,2,7-8H2,1H3,(H2,17,18,19,20). The summed E-state index contributed by atoms with van der Waals surface area (Å²) in [4.78, 5) is 7.99. The van der Waals surface area contributed by atoms with Crippen LogP contribution >= 0.6 is 11.6 Å². The molecule has 1 aromatic heterocycles. The van der Waals surface area contributed by atoms with Crippen LogP contribution in [-0.2, 0) is 6.54 Å². The maximum Gasteiger partial charge on any atom is 0.224 e. The summed E-state index contributed by atoms with van der Waals surface area (Å²) in [7, 11) is 0. The van der Waals surface area contributed by atoms with Crippen molar-refractivity contribution in [3.63, 3.8) is 0 Å². The number of halogens is 2. The first-order valence-corrected chi connectivity index (χ1v) is 6.82. The van der Waals surface area contributed by atoms with Crippen molar-refractivity contribution in [3.05, 3.63) is 46.9 Å². The zero-order chi connectivity index (χ0) is 14.4. The molecule has 0 bridgehead atoms. The number of anilines is 2. The van der Waals surface area contributed by atoms with E-state index >= 15 is 0 Å². The summed E-state index contributed by atoms with van der Waals surface area (Å²) in [5, 5.41) is 6.59. The molecule has 4 nitrogen and oxygen atoms in total. The molecule has 2 aromatic rings. The molecule has 0 amide bonds. The zero-order valence-electron chi connectivity index (χ0n) is 11.2. The monoisotopic (exact) mass is 294 g/mol. The van der Waals surface area contributed by atoms with Crippen molar-refractivity contribution < 1.29 is 4.39 Å². The molecule has 2 rings (SSSR count). The highest BCUT2D eigenvalue weighted by Crippen LogP contribution is 2.18. The summed E-state index contributed by atoms with van der Waals surface area (Å²) in [5.74, 6) is 0.0903. The highest BCUT2D eigenvalue weighted by Gasteiger charge is 2.07. The lowest BCUT2D eigenvalue weighted by molar-refractivity contribution is 0.617. The van der Waals surface area contributed by atoms with Crippen LogP contribution in [0.25, 0.3) is 0 Å². The van der Waals surface area contributed by atoms with Crippen LogP contribution in [0.4, 0.5) is 16.2 Å². The van der Waals surface area contributed by atoms with E-state index in [1.165, 1.54) is 0 Å². The summed E-state index contributed by atoms with van der Waals surface area (Å²) < 4.78 is 13.6. The van der Waals surface area contributed by atoms with Gasteiger partial charge in [-0.05, 0) is 18.1 Å². The second-order valence-corrected chi connectivity index (χ2v) is 4.67. The molecule has 0 aliphatic rings. The molecule has 1 aromatic carbocycles. The van der Waals surface area contributed by atoms with Crippen LogP contribution < -0.4 is 10.6 Å². The third-order valence-electron chi connectivity index (χ3n) is 2.68. The number of aromatic nitrogens is 2. The van der Waals surface area contributed by atoms with Gasteiger partial charge in [0, 0.05) is 18.1 Å². The molecule has 0 atom stereocenters. The Bertz CT molecular complexity index is 577. The fourth-order valence-electron chi connectivity index (χ4n) is 1.63. The van der Waals surface area contributed by atoms with Gasteiger partial charge >= 0.3 is 0 Å². The Labute approximate surface area is 122 Å². The van der Waals surface area contributed by atoms with Gasteiger partial charge in [-0.3, -0.25) is 0 Å². The molecule has 0 radical (unpaired) electrons. The van der Waals surface area contributed by atoms with Crippen molar-refractivity contribution in [2.24, 2.45) is 0 Å². The molecule has 6 heteroatoms. The molecular formula is C14H16ClFN4. The van der Waals surface area contributed by atoms with Gasteiger partial charge in [0.1, 0.15) is 0 Å². The summed E-state index contributed by atoms with van der Waals surface area (Å²) >= 11 is 6.05. The molecule has 2 N–H and O–H groups in total. The maximum absolute atomic E-state index is 13.6. The quantitative estimate of drug-likeness (QED) is 0.853. The Morgan fingerprint density at radius 3 is 2.80 bits per heavy atom. The van der Waals surface area contributed by atoms with E-state index in [-0.39, 0.29) is 5.82 Å². The van der Waals surface area contributed by atoms with Crippen molar-refractivity contribution >= 4 is 23.4 Å². The highest BCUT2D eigenvalue weighted by molar-refractivity contribution is 6.31. The Morgan fingerprint density at radius 1 is 1.25 bits per heavy atom. The van der Waals surface area contributed by atoms with Crippen LogP contribution in [0.15, 0.2) is 30.5 Å². The SMILES string of the molecule is CCCNc1ncc(F)c(NCc2ccccc2Cl)n1. The fourth-order valence-corrected chi connectivity index (χ4v) is 1.84. The topological polar surface area (TPSA) is 49.8 Å². The molecule has 0 saturated heterocycles. The number of hydrogen-bond acceptors (Lipinski definition) is 4. The number of nitrogens with zero attached hydrogens (tertiary/aromatic N) is 2.